The third kappa shape index (κ3) is 5.51. The van der Waals surface area contributed by atoms with Crippen molar-refractivity contribution in [2.75, 3.05) is 31.1 Å². The molecule has 1 aliphatic heterocycles. The Morgan fingerprint density at radius 2 is 1.49 bits per heavy atom. The number of carbonyl (C=O) groups excluding carboxylic acids is 2. The molecule has 1 heterocycles. The summed E-state index contributed by atoms with van der Waals surface area (Å²) in [6.07, 6.45) is 8.39. The van der Waals surface area contributed by atoms with Gasteiger partial charge in [-0.1, -0.05) is 72.2 Å². The molecule has 1 aromatic carbocycles. The molecule has 0 spiro atoms. The first kappa shape index (κ1) is 36.8. The number of fused-ring (bicyclic) bond motifs is 7. The molecule has 1 aromatic rings. The zero-order valence-corrected chi connectivity index (χ0v) is 32.3. The lowest BCUT2D eigenvalue weighted by atomic mass is 9.33. The number of esters is 1. The van der Waals surface area contributed by atoms with Gasteiger partial charge in [0.2, 0.25) is 5.91 Å². The molecule has 1 amide bonds. The number of rotatable bonds is 3. The molecule has 0 N–H and O–H groups in total. The van der Waals surface area contributed by atoms with Crippen molar-refractivity contribution in [3.8, 4) is 0 Å². The van der Waals surface area contributed by atoms with Gasteiger partial charge in [0.25, 0.3) is 0 Å². The quantitative estimate of drug-likeness (QED) is 0.232. The van der Waals surface area contributed by atoms with E-state index in [1.807, 2.05) is 4.90 Å². The number of piperazine rings is 1. The molecule has 0 aromatic heterocycles. The fourth-order valence-electron chi connectivity index (χ4n) is 13.4. The number of amides is 1. The lowest BCUT2D eigenvalue weighted by molar-refractivity contribution is -0.229. The van der Waals surface area contributed by atoms with E-state index in [1.54, 1.807) is 29.5 Å². The van der Waals surface area contributed by atoms with Crippen molar-refractivity contribution in [2.45, 2.75) is 132 Å². The van der Waals surface area contributed by atoms with Crippen LogP contribution in [0.1, 0.15) is 125 Å². The van der Waals surface area contributed by atoms with Gasteiger partial charge in [-0.25, -0.2) is 0 Å². The van der Waals surface area contributed by atoms with Crippen LogP contribution in [0.5, 0.6) is 0 Å². The lowest BCUT2D eigenvalue weighted by Gasteiger charge is -2.71. The van der Waals surface area contributed by atoms with E-state index in [1.165, 1.54) is 12.5 Å². The van der Waals surface area contributed by atoms with Crippen molar-refractivity contribution in [2.24, 2.45) is 50.2 Å². The van der Waals surface area contributed by atoms with E-state index < -0.39 is 17.2 Å². The van der Waals surface area contributed by atoms with Crippen LogP contribution in [-0.2, 0) is 20.5 Å². The van der Waals surface area contributed by atoms with E-state index >= 15 is 0 Å². The van der Waals surface area contributed by atoms with Crippen molar-refractivity contribution >= 4 is 17.6 Å². The number of benzene rings is 1. The van der Waals surface area contributed by atoms with Crippen LogP contribution < -0.4 is 4.90 Å². The van der Waals surface area contributed by atoms with Gasteiger partial charge in [-0.05, 0) is 116 Å². The van der Waals surface area contributed by atoms with Gasteiger partial charge in [-0.15, -0.1) is 0 Å². The minimum Gasteiger partial charge on any atom is -0.462 e. The van der Waals surface area contributed by atoms with E-state index in [2.05, 4.69) is 54.5 Å². The molecule has 8 heteroatoms. The highest BCUT2D eigenvalue weighted by atomic mass is 19.4. The Morgan fingerprint density at radius 3 is 2.16 bits per heavy atom. The molecule has 51 heavy (non-hydrogen) atoms. The third-order valence-electron chi connectivity index (χ3n) is 16.6. The van der Waals surface area contributed by atoms with Crippen LogP contribution in [0.3, 0.4) is 0 Å². The number of anilines is 1. The van der Waals surface area contributed by atoms with E-state index in [0.29, 0.717) is 43.9 Å². The second-order valence-corrected chi connectivity index (χ2v) is 19.5. The molecule has 0 bridgehead atoms. The number of para-hydroxylation sites is 1. The summed E-state index contributed by atoms with van der Waals surface area (Å²) in [5, 5.41) is 0. The first-order valence-corrected chi connectivity index (χ1v) is 19.8. The van der Waals surface area contributed by atoms with Gasteiger partial charge < -0.3 is 14.5 Å². The summed E-state index contributed by atoms with van der Waals surface area (Å²) in [5.74, 6) is 1.21. The molecule has 5 aliphatic carbocycles. The van der Waals surface area contributed by atoms with Crippen LogP contribution in [0, 0.1) is 50.2 Å². The first-order valence-electron chi connectivity index (χ1n) is 19.8. The third-order valence-corrected chi connectivity index (χ3v) is 16.6. The summed E-state index contributed by atoms with van der Waals surface area (Å²) in [5.41, 5.74) is 0.931. The molecule has 282 valence electrons. The van der Waals surface area contributed by atoms with Crippen molar-refractivity contribution in [3.05, 3.63) is 41.5 Å². The molecular formula is C43H61F3N2O3. The summed E-state index contributed by atoms with van der Waals surface area (Å²) in [6, 6.07) is 5.78. The second-order valence-electron chi connectivity index (χ2n) is 19.5. The van der Waals surface area contributed by atoms with Crippen LogP contribution in [0.4, 0.5) is 18.9 Å². The number of carbonyl (C=O) groups is 2. The molecule has 4 saturated carbocycles. The van der Waals surface area contributed by atoms with Crippen molar-refractivity contribution < 1.29 is 27.5 Å². The van der Waals surface area contributed by atoms with E-state index in [9.17, 15) is 22.8 Å². The number of nitrogens with zero attached hydrogens (tertiary/aromatic N) is 2. The van der Waals surface area contributed by atoms with Gasteiger partial charge in [0.05, 0.1) is 5.56 Å². The predicted octanol–water partition coefficient (Wildman–Crippen LogP) is 10.1. The number of allylic oxidation sites excluding steroid dienone is 2. The highest BCUT2D eigenvalue weighted by Gasteiger charge is 2.69. The maximum Gasteiger partial charge on any atom is 0.418 e. The summed E-state index contributed by atoms with van der Waals surface area (Å²) in [4.78, 5) is 30.7. The normalized spacial score (nSPS) is 42.1. The van der Waals surface area contributed by atoms with Crippen molar-refractivity contribution in [1.29, 1.82) is 0 Å². The first-order chi connectivity index (χ1) is 23.7. The summed E-state index contributed by atoms with van der Waals surface area (Å²) >= 11 is 0. The van der Waals surface area contributed by atoms with Crippen LogP contribution in [0.15, 0.2) is 35.9 Å². The van der Waals surface area contributed by atoms with Gasteiger partial charge in [0.15, 0.2) is 0 Å². The van der Waals surface area contributed by atoms with Gasteiger partial charge in [0, 0.05) is 49.6 Å². The molecule has 9 atom stereocenters. The molecule has 0 radical (unpaired) electrons. The number of ether oxygens (including phenoxy) is 1. The largest absolute Gasteiger partial charge is 0.462 e. The molecule has 5 nitrogen and oxygen atoms in total. The summed E-state index contributed by atoms with van der Waals surface area (Å²) in [6.45, 7) is 20.3. The van der Waals surface area contributed by atoms with Crippen LogP contribution >= 0.6 is 0 Å². The fraction of sp³-hybridized carbons (Fsp3) is 0.767. The fourth-order valence-corrected chi connectivity index (χ4v) is 13.4. The Hall–Kier alpha value is -2.51. The predicted molar refractivity (Wildman–Crippen MR) is 195 cm³/mol. The second kappa shape index (κ2) is 12.0. The van der Waals surface area contributed by atoms with Crippen LogP contribution in [-0.4, -0.2) is 49.1 Å². The standard InChI is InChI=1S/C43H61F3N2O3/c1-28(49)51-35-16-17-37(2,3)33-15-18-41(7)34(42(33,35)8)14-13-29-31-27-39(5,20-19-38(31,4)21-22-40(29,41)6)36(50)48-25-23-47(24-26-48)32-12-10-9-11-30(32)43(44,45)46/h9-13,31,33-35H,14-27H2,1-8H3/t31-,33?,34?,35?,38+,39?,40+,41+,42-/m0/s1. The Balaban J connectivity index is 1.14. The van der Waals surface area contributed by atoms with E-state index in [4.69, 9.17) is 4.74 Å². The van der Waals surface area contributed by atoms with Gasteiger partial charge >= 0.3 is 12.1 Å². The highest BCUT2D eigenvalue weighted by Crippen LogP contribution is 2.76. The Labute approximate surface area is 304 Å². The van der Waals surface area contributed by atoms with Gasteiger partial charge in [0.1, 0.15) is 6.10 Å². The smallest absolute Gasteiger partial charge is 0.418 e. The monoisotopic (exact) mass is 710 g/mol. The Bertz CT molecular complexity index is 1600. The zero-order chi connectivity index (χ0) is 37.0. The molecule has 4 unspecified atom stereocenters. The van der Waals surface area contributed by atoms with Crippen molar-refractivity contribution in [1.82, 2.24) is 4.90 Å². The number of hydrogen-bond donors (Lipinski definition) is 0. The maximum absolute atomic E-state index is 14.5. The molecule has 7 rings (SSSR count). The number of halogens is 3. The maximum atomic E-state index is 14.5. The van der Waals surface area contributed by atoms with Crippen LogP contribution in [0.2, 0.25) is 0 Å². The topological polar surface area (TPSA) is 49.9 Å². The SMILES string of the molecule is CC(=O)OC1CCC(C)(C)C2CC[C@]3(C)C(CC=C4[C@@H]5CC(C)(C(=O)N6CCN(c7ccccc7C(F)(F)F)CC6)CC[C@]5(C)CC[C@]43C)[C@@]12C. The summed E-state index contributed by atoms with van der Waals surface area (Å²) < 4.78 is 47.6. The zero-order valence-electron chi connectivity index (χ0n) is 32.3. The molecule has 1 saturated heterocycles. The van der Waals surface area contributed by atoms with E-state index in [-0.39, 0.29) is 50.7 Å². The molecular weight excluding hydrogens is 649 g/mol. The molecule has 5 fully saturated rings. The summed E-state index contributed by atoms with van der Waals surface area (Å²) in [7, 11) is 0. The lowest BCUT2D eigenvalue weighted by Crippen LogP contribution is -2.66. The van der Waals surface area contributed by atoms with Crippen molar-refractivity contribution in [3.63, 3.8) is 0 Å². The highest BCUT2D eigenvalue weighted by molar-refractivity contribution is 5.83. The van der Waals surface area contributed by atoms with Crippen LogP contribution in [0.25, 0.3) is 0 Å². The van der Waals surface area contributed by atoms with E-state index in [0.717, 1.165) is 63.9 Å². The Kier molecular flexibility index (Phi) is 8.67. The number of alkyl halides is 3. The van der Waals surface area contributed by atoms with Gasteiger partial charge in [-0.2, -0.15) is 13.2 Å². The molecule has 6 aliphatic rings. The average molecular weight is 711 g/mol. The minimum absolute atomic E-state index is 0.00473. The number of hydrogen-bond acceptors (Lipinski definition) is 4. The minimum atomic E-state index is -4.42. The average Bonchev–Trinajstić information content (AvgIpc) is 3.06. The van der Waals surface area contributed by atoms with Gasteiger partial charge in [-0.3, -0.25) is 9.59 Å². The Morgan fingerprint density at radius 1 is 0.824 bits per heavy atom.